The highest BCUT2D eigenvalue weighted by atomic mass is 16.2. The smallest absolute Gasteiger partial charge is 0.253 e. The Morgan fingerprint density at radius 1 is 1.35 bits per heavy atom. The zero-order chi connectivity index (χ0) is 16.4. The Hall–Kier alpha value is -2.14. The fraction of sp³-hybridized carbons (Fsp3) is 0.444. The number of aromatic nitrogens is 2. The number of hydrogen-bond donors (Lipinski definition) is 1. The normalized spacial score (nSPS) is 18.2. The van der Waals surface area contributed by atoms with Crippen molar-refractivity contribution in [1.29, 1.82) is 0 Å². The minimum absolute atomic E-state index is 0.119. The molecule has 0 radical (unpaired) electrons. The van der Waals surface area contributed by atoms with Gasteiger partial charge in [-0.3, -0.25) is 9.48 Å². The van der Waals surface area contributed by atoms with Gasteiger partial charge in [0.1, 0.15) is 0 Å². The third-order valence-corrected chi connectivity index (χ3v) is 4.27. The third kappa shape index (κ3) is 3.62. The Morgan fingerprint density at radius 3 is 2.87 bits per heavy atom. The monoisotopic (exact) mass is 312 g/mol. The first-order valence-electron chi connectivity index (χ1n) is 8.15. The van der Waals surface area contributed by atoms with Gasteiger partial charge in [-0.2, -0.15) is 5.10 Å². The van der Waals surface area contributed by atoms with Crippen LogP contribution in [-0.2, 0) is 6.54 Å². The van der Waals surface area contributed by atoms with Crippen molar-refractivity contribution in [2.75, 3.05) is 19.6 Å². The molecule has 0 aliphatic carbocycles. The van der Waals surface area contributed by atoms with E-state index in [9.17, 15) is 4.79 Å². The molecule has 23 heavy (non-hydrogen) atoms. The van der Waals surface area contributed by atoms with Gasteiger partial charge in [0.15, 0.2) is 0 Å². The molecule has 1 aliphatic heterocycles. The Bertz CT molecular complexity index is 707. The highest BCUT2D eigenvalue weighted by Crippen LogP contribution is 2.13. The largest absolute Gasteiger partial charge is 0.336 e. The van der Waals surface area contributed by atoms with Crippen molar-refractivity contribution in [1.82, 2.24) is 20.0 Å². The summed E-state index contributed by atoms with van der Waals surface area (Å²) in [6, 6.07) is 10.3. The van der Waals surface area contributed by atoms with E-state index in [-0.39, 0.29) is 5.91 Å². The van der Waals surface area contributed by atoms with E-state index in [1.165, 1.54) is 0 Å². The standard InChI is InChI=1S/C18H24N4O/c1-13-9-15(3)22(20-13)12-16-5-4-6-17(10-16)18(23)21-8-7-19-14(2)11-21/h4-6,9-10,14,19H,7-8,11-12H2,1-3H3/t14-/m1/s1. The lowest BCUT2D eigenvalue weighted by Gasteiger charge is -2.32. The van der Waals surface area contributed by atoms with Crippen molar-refractivity contribution in [3.05, 3.63) is 52.8 Å². The maximum Gasteiger partial charge on any atom is 0.253 e. The Kier molecular flexibility index (Phi) is 4.48. The number of nitrogens with zero attached hydrogens (tertiary/aromatic N) is 3. The van der Waals surface area contributed by atoms with Crippen molar-refractivity contribution in [2.24, 2.45) is 0 Å². The van der Waals surface area contributed by atoms with Crippen LogP contribution >= 0.6 is 0 Å². The van der Waals surface area contributed by atoms with E-state index in [1.54, 1.807) is 0 Å². The van der Waals surface area contributed by atoms with Crippen LogP contribution in [0.1, 0.15) is 34.2 Å². The molecule has 1 atom stereocenters. The van der Waals surface area contributed by atoms with Gasteiger partial charge in [0.25, 0.3) is 5.91 Å². The van der Waals surface area contributed by atoms with Crippen molar-refractivity contribution in [3.63, 3.8) is 0 Å². The number of nitrogens with one attached hydrogen (secondary N) is 1. The van der Waals surface area contributed by atoms with Crippen molar-refractivity contribution in [3.8, 4) is 0 Å². The second-order valence-electron chi connectivity index (χ2n) is 6.39. The lowest BCUT2D eigenvalue weighted by molar-refractivity contribution is 0.0709. The summed E-state index contributed by atoms with van der Waals surface area (Å²) in [5, 5.41) is 7.86. The number of carbonyl (C=O) groups is 1. The van der Waals surface area contributed by atoms with Crippen molar-refractivity contribution >= 4 is 5.91 Å². The van der Waals surface area contributed by atoms with Crippen LogP contribution in [-0.4, -0.2) is 46.3 Å². The molecule has 1 saturated heterocycles. The summed E-state index contributed by atoms with van der Waals surface area (Å²) in [5.74, 6) is 0.119. The molecule has 1 N–H and O–H groups in total. The topological polar surface area (TPSA) is 50.2 Å². The SMILES string of the molecule is Cc1cc(C)n(Cc2cccc(C(=O)N3CCN[C@H](C)C3)c2)n1. The molecule has 122 valence electrons. The van der Waals surface area contributed by atoms with Gasteiger partial charge in [0.2, 0.25) is 0 Å². The van der Waals surface area contributed by atoms with Crippen molar-refractivity contribution < 1.29 is 4.79 Å². The summed E-state index contributed by atoms with van der Waals surface area (Å²) in [4.78, 5) is 14.6. The highest BCUT2D eigenvalue weighted by Gasteiger charge is 2.21. The number of rotatable bonds is 3. The minimum Gasteiger partial charge on any atom is -0.336 e. The first-order valence-corrected chi connectivity index (χ1v) is 8.15. The molecule has 3 rings (SSSR count). The molecule has 0 bridgehead atoms. The molecule has 1 aromatic heterocycles. The molecule has 0 saturated carbocycles. The van der Waals surface area contributed by atoms with Gasteiger partial charge in [-0.25, -0.2) is 0 Å². The van der Waals surface area contributed by atoms with E-state index in [0.717, 1.165) is 42.1 Å². The van der Waals surface area contributed by atoms with Crippen LogP contribution in [0.5, 0.6) is 0 Å². The molecule has 5 heteroatoms. The van der Waals surface area contributed by atoms with E-state index in [2.05, 4.69) is 30.3 Å². The number of amides is 1. The lowest BCUT2D eigenvalue weighted by atomic mass is 10.1. The summed E-state index contributed by atoms with van der Waals surface area (Å²) in [5.41, 5.74) is 4.02. The third-order valence-electron chi connectivity index (χ3n) is 4.27. The predicted molar refractivity (Wildman–Crippen MR) is 90.6 cm³/mol. The maximum absolute atomic E-state index is 12.7. The van der Waals surface area contributed by atoms with Crippen LogP contribution in [0, 0.1) is 13.8 Å². The summed E-state index contributed by atoms with van der Waals surface area (Å²) in [6.07, 6.45) is 0. The van der Waals surface area contributed by atoms with Crippen LogP contribution in [0.3, 0.4) is 0 Å². The second-order valence-corrected chi connectivity index (χ2v) is 6.39. The molecule has 5 nitrogen and oxygen atoms in total. The van der Waals surface area contributed by atoms with Gasteiger partial charge < -0.3 is 10.2 Å². The summed E-state index contributed by atoms with van der Waals surface area (Å²) >= 11 is 0. The van der Waals surface area contributed by atoms with Gasteiger partial charge in [0.05, 0.1) is 12.2 Å². The van der Waals surface area contributed by atoms with Gasteiger partial charge >= 0.3 is 0 Å². The van der Waals surface area contributed by atoms with Crippen LogP contribution in [0.15, 0.2) is 30.3 Å². The molecule has 1 aromatic carbocycles. The molecule has 0 unspecified atom stereocenters. The van der Waals surface area contributed by atoms with Crippen LogP contribution in [0.25, 0.3) is 0 Å². The predicted octanol–water partition coefficient (Wildman–Crippen LogP) is 1.98. The first-order chi connectivity index (χ1) is 11.0. The molecular formula is C18H24N4O. The zero-order valence-electron chi connectivity index (χ0n) is 14.0. The molecule has 2 aromatic rings. The zero-order valence-corrected chi connectivity index (χ0v) is 14.0. The number of piperazine rings is 1. The van der Waals surface area contributed by atoms with Crippen LogP contribution in [0.2, 0.25) is 0 Å². The Labute approximate surface area is 137 Å². The van der Waals surface area contributed by atoms with E-state index < -0.39 is 0 Å². The number of hydrogen-bond acceptors (Lipinski definition) is 3. The number of benzene rings is 1. The van der Waals surface area contributed by atoms with Gasteiger partial charge in [-0.1, -0.05) is 12.1 Å². The fourth-order valence-electron chi connectivity index (χ4n) is 3.11. The number of carbonyl (C=O) groups excluding carboxylic acids is 1. The number of aryl methyl sites for hydroxylation is 2. The molecule has 0 spiro atoms. The molecule has 1 amide bonds. The van der Waals surface area contributed by atoms with Crippen LogP contribution in [0.4, 0.5) is 0 Å². The van der Waals surface area contributed by atoms with Gasteiger partial charge in [-0.15, -0.1) is 0 Å². The van der Waals surface area contributed by atoms with Gasteiger partial charge in [-0.05, 0) is 44.5 Å². The molecule has 2 heterocycles. The second kappa shape index (κ2) is 6.54. The molecule has 1 fully saturated rings. The van der Waals surface area contributed by atoms with Crippen molar-refractivity contribution in [2.45, 2.75) is 33.4 Å². The highest BCUT2D eigenvalue weighted by molar-refractivity contribution is 5.94. The molecule has 1 aliphatic rings. The Morgan fingerprint density at radius 2 is 2.17 bits per heavy atom. The summed E-state index contributed by atoms with van der Waals surface area (Å²) in [6.45, 7) is 9.24. The maximum atomic E-state index is 12.7. The van der Waals surface area contributed by atoms with Gasteiger partial charge in [0, 0.05) is 36.9 Å². The van der Waals surface area contributed by atoms with E-state index in [0.29, 0.717) is 12.6 Å². The lowest BCUT2D eigenvalue weighted by Crippen LogP contribution is -2.51. The fourth-order valence-corrected chi connectivity index (χ4v) is 3.11. The molecular weight excluding hydrogens is 288 g/mol. The first kappa shape index (κ1) is 15.7. The minimum atomic E-state index is 0.119. The van der Waals surface area contributed by atoms with Crippen LogP contribution < -0.4 is 5.32 Å². The van der Waals surface area contributed by atoms with E-state index in [4.69, 9.17) is 0 Å². The average Bonchev–Trinajstić information content (AvgIpc) is 2.84. The summed E-state index contributed by atoms with van der Waals surface area (Å²) < 4.78 is 1.98. The summed E-state index contributed by atoms with van der Waals surface area (Å²) in [7, 11) is 0. The average molecular weight is 312 g/mol. The van der Waals surface area contributed by atoms with E-state index >= 15 is 0 Å². The Balaban J connectivity index is 1.76. The quantitative estimate of drug-likeness (QED) is 0.943. The van der Waals surface area contributed by atoms with E-state index in [1.807, 2.05) is 40.8 Å².